The maximum absolute atomic E-state index is 11.6. The molecule has 1 aromatic carbocycles. The second-order valence-corrected chi connectivity index (χ2v) is 9.28. The molecule has 37 heavy (non-hydrogen) atoms. The van der Waals surface area contributed by atoms with Gasteiger partial charge in [0.05, 0.1) is 18.9 Å². The summed E-state index contributed by atoms with van der Waals surface area (Å²) in [7, 11) is 0. The summed E-state index contributed by atoms with van der Waals surface area (Å²) < 4.78 is 5.71. The SMILES string of the molecule is O=C(O)CCCCCC(CCC(CC(=O)O)C(=O)O)Cc1ccc(OCCCN2C(=O)C=CC2=O)cc1. The molecule has 0 saturated carbocycles. The molecule has 2 amide bonds. The molecule has 0 spiro atoms. The van der Waals surface area contributed by atoms with Crippen LogP contribution in [0.5, 0.6) is 5.75 Å². The Morgan fingerprint density at radius 1 is 0.811 bits per heavy atom. The molecule has 0 bridgehead atoms. The van der Waals surface area contributed by atoms with Crippen LogP contribution in [-0.2, 0) is 30.4 Å². The molecule has 1 heterocycles. The molecule has 1 aromatic rings. The standard InChI is InChI=1S/C27H35NO9/c29-23-13-14-24(30)28(23)15-4-16-37-22-11-8-20(9-12-22)17-19(5-2-1-3-6-25(31)32)7-10-21(27(35)36)18-26(33)34/h8-9,11-14,19,21H,1-7,10,15-18H2,(H,31,32)(H,33,34)(H,35,36). The highest BCUT2D eigenvalue weighted by molar-refractivity contribution is 6.12. The molecule has 2 unspecified atom stereocenters. The summed E-state index contributed by atoms with van der Waals surface area (Å²) in [6, 6.07) is 7.52. The highest BCUT2D eigenvalue weighted by Crippen LogP contribution is 2.26. The molecule has 0 aromatic heterocycles. The molecule has 1 aliphatic rings. The summed E-state index contributed by atoms with van der Waals surface area (Å²) in [5.41, 5.74) is 1.03. The number of ether oxygens (including phenoxy) is 1. The van der Waals surface area contributed by atoms with Gasteiger partial charge >= 0.3 is 17.9 Å². The Bertz CT molecular complexity index is 953. The molecular formula is C27H35NO9. The van der Waals surface area contributed by atoms with Crippen molar-refractivity contribution in [3.63, 3.8) is 0 Å². The number of carboxylic acids is 3. The number of rotatable bonds is 19. The zero-order chi connectivity index (χ0) is 27.2. The van der Waals surface area contributed by atoms with Crippen molar-refractivity contribution in [2.24, 2.45) is 11.8 Å². The van der Waals surface area contributed by atoms with Gasteiger partial charge in [-0.3, -0.25) is 28.9 Å². The minimum Gasteiger partial charge on any atom is -0.494 e. The summed E-state index contributed by atoms with van der Waals surface area (Å²) in [6.45, 7) is 0.631. The maximum Gasteiger partial charge on any atom is 0.307 e. The zero-order valence-electron chi connectivity index (χ0n) is 20.8. The first-order chi connectivity index (χ1) is 17.7. The third kappa shape index (κ3) is 11.3. The fourth-order valence-electron chi connectivity index (χ4n) is 4.31. The van der Waals surface area contributed by atoms with Crippen LogP contribution in [0.1, 0.15) is 63.4 Å². The topological polar surface area (TPSA) is 159 Å². The van der Waals surface area contributed by atoms with Crippen LogP contribution in [0.3, 0.4) is 0 Å². The van der Waals surface area contributed by atoms with E-state index in [0.29, 0.717) is 38.0 Å². The van der Waals surface area contributed by atoms with Crippen LogP contribution in [0.15, 0.2) is 36.4 Å². The number of carbonyl (C=O) groups is 5. The van der Waals surface area contributed by atoms with E-state index in [1.54, 1.807) is 0 Å². The number of carboxylic acid groups (broad SMARTS) is 3. The van der Waals surface area contributed by atoms with E-state index < -0.39 is 30.2 Å². The van der Waals surface area contributed by atoms with Gasteiger partial charge in [0.15, 0.2) is 0 Å². The Morgan fingerprint density at radius 3 is 2.08 bits per heavy atom. The summed E-state index contributed by atoms with van der Waals surface area (Å²) in [6.07, 6.45) is 7.17. The van der Waals surface area contributed by atoms with Crippen LogP contribution in [0.2, 0.25) is 0 Å². The van der Waals surface area contributed by atoms with Gasteiger partial charge in [0.2, 0.25) is 0 Å². The first-order valence-electron chi connectivity index (χ1n) is 12.6. The van der Waals surface area contributed by atoms with Crippen molar-refractivity contribution in [2.45, 2.75) is 64.2 Å². The second-order valence-electron chi connectivity index (χ2n) is 9.28. The summed E-state index contributed by atoms with van der Waals surface area (Å²) in [4.78, 5) is 57.5. The third-order valence-corrected chi connectivity index (χ3v) is 6.34. The van der Waals surface area contributed by atoms with Crippen molar-refractivity contribution >= 4 is 29.7 Å². The smallest absolute Gasteiger partial charge is 0.307 e. The quantitative estimate of drug-likeness (QED) is 0.184. The van der Waals surface area contributed by atoms with Gasteiger partial charge in [-0.25, -0.2) is 0 Å². The molecule has 10 nitrogen and oxygen atoms in total. The highest BCUT2D eigenvalue weighted by atomic mass is 16.5. The Balaban J connectivity index is 1.86. The number of hydrogen-bond donors (Lipinski definition) is 3. The Labute approximate surface area is 215 Å². The normalized spacial score (nSPS) is 14.5. The lowest BCUT2D eigenvalue weighted by Gasteiger charge is -2.19. The van der Waals surface area contributed by atoms with E-state index in [2.05, 4.69) is 0 Å². The van der Waals surface area contributed by atoms with E-state index in [-0.39, 0.29) is 37.1 Å². The lowest BCUT2D eigenvalue weighted by atomic mass is 9.86. The first kappa shape index (κ1) is 29.5. The largest absolute Gasteiger partial charge is 0.494 e. The number of aliphatic carboxylic acids is 3. The second kappa shape index (κ2) is 15.4. The highest BCUT2D eigenvalue weighted by Gasteiger charge is 2.23. The van der Waals surface area contributed by atoms with Gasteiger partial charge < -0.3 is 20.1 Å². The van der Waals surface area contributed by atoms with Crippen LogP contribution in [0.25, 0.3) is 0 Å². The van der Waals surface area contributed by atoms with Crippen LogP contribution < -0.4 is 4.74 Å². The Morgan fingerprint density at radius 2 is 1.49 bits per heavy atom. The van der Waals surface area contributed by atoms with Crippen LogP contribution in [-0.4, -0.2) is 63.1 Å². The average Bonchev–Trinajstić information content (AvgIpc) is 3.16. The molecular weight excluding hydrogens is 482 g/mol. The van der Waals surface area contributed by atoms with Crippen molar-refractivity contribution in [1.29, 1.82) is 0 Å². The van der Waals surface area contributed by atoms with Gasteiger partial charge in [0, 0.05) is 25.1 Å². The number of benzene rings is 1. The summed E-state index contributed by atoms with van der Waals surface area (Å²) >= 11 is 0. The van der Waals surface area contributed by atoms with Gasteiger partial charge in [0.25, 0.3) is 11.8 Å². The van der Waals surface area contributed by atoms with Crippen LogP contribution >= 0.6 is 0 Å². The molecule has 0 saturated heterocycles. The maximum atomic E-state index is 11.6. The van der Waals surface area contributed by atoms with Crippen molar-refractivity contribution < 1.29 is 44.0 Å². The minimum atomic E-state index is -1.14. The van der Waals surface area contributed by atoms with Gasteiger partial charge in [-0.1, -0.05) is 31.4 Å². The first-order valence-corrected chi connectivity index (χ1v) is 12.6. The Kier molecular flexibility index (Phi) is 12.3. The van der Waals surface area contributed by atoms with E-state index in [1.165, 1.54) is 17.1 Å². The third-order valence-electron chi connectivity index (χ3n) is 6.34. The molecule has 2 atom stereocenters. The molecule has 2 rings (SSSR count). The lowest BCUT2D eigenvalue weighted by molar-refractivity contribution is -0.148. The van der Waals surface area contributed by atoms with E-state index in [4.69, 9.17) is 14.9 Å². The van der Waals surface area contributed by atoms with Gasteiger partial charge in [-0.2, -0.15) is 0 Å². The van der Waals surface area contributed by atoms with Crippen molar-refractivity contribution in [3.05, 3.63) is 42.0 Å². The predicted molar refractivity (Wildman–Crippen MR) is 133 cm³/mol. The van der Waals surface area contributed by atoms with E-state index in [0.717, 1.165) is 24.8 Å². The number of carbonyl (C=O) groups excluding carboxylic acids is 2. The molecule has 202 valence electrons. The fraction of sp³-hybridized carbons (Fsp3) is 0.519. The fourth-order valence-corrected chi connectivity index (χ4v) is 4.31. The molecule has 3 N–H and O–H groups in total. The van der Waals surface area contributed by atoms with Gasteiger partial charge in [-0.05, 0) is 55.7 Å². The molecule has 0 radical (unpaired) electrons. The summed E-state index contributed by atoms with van der Waals surface area (Å²) in [5, 5.41) is 27.2. The molecule has 10 heteroatoms. The number of unbranched alkanes of at least 4 members (excludes halogenated alkanes) is 2. The summed E-state index contributed by atoms with van der Waals surface area (Å²) in [5.74, 6) is -3.86. The molecule has 0 aliphatic carbocycles. The van der Waals surface area contributed by atoms with Gasteiger partial charge in [-0.15, -0.1) is 0 Å². The van der Waals surface area contributed by atoms with Gasteiger partial charge in [0.1, 0.15) is 5.75 Å². The minimum absolute atomic E-state index is 0.118. The zero-order valence-corrected chi connectivity index (χ0v) is 20.8. The van der Waals surface area contributed by atoms with E-state index in [9.17, 15) is 29.1 Å². The number of nitrogens with zero attached hydrogens (tertiary/aromatic N) is 1. The number of imide groups is 1. The van der Waals surface area contributed by atoms with Crippen LogP contribution in [0.4, 0.5) is 0 Å². The number of amides is 2. The molecule has 0 fully saturated rings. The van der Waals surface area contributed by atoms with Crippen LogP contribution in [0, 0.1) is 11.8 Å². The lowest BCUT2D eigenvalue weighted by Crippen LogP contribution is -2.31. The average molecular weight is 518 g/mol. The molecule has 1 aliphatic heterocycles. The van der Waals surface area contributed by atoms with Crippen molar-refractivity contribution in [1.82, 2.24) is 4.90 Å². The van der Waals surface area contributed by atoms with Crippen molar-refractivity contribution in [3.8, 4) is 5.75 Å². The van der Waals surface area contributed by atoms with E-state index >= 15 is 0 Å². The van der Waals surface area contributed by atoms with Crippen molar-refractivity contribution in [2.75, 3.05) is 13.2 Å². The Hall–Kier alpha value is -3.69. The predicted octanol–water partition coefficient (Wildman–Crippen LogP) is 3.53. The number of hydrogen-bond acceptors (Lipinski definition) is 6. The van der Waals surface area contributed by atoms with E-state index in [1.807, 2.05) is 24.3 Å². The monoisotopic (exact) mass is 517 g/mol.